The largest absolute Gasteiger partial charge is 0.494 e. The predicted molar refractivity (Wildman–Crippen MR) is 87.6 cm³/mol. The number of aromatic nitrogens is 3. The van der Waals surface area contributed by atoms with E-state index in [9.17, 15) is 9.59 Å². The van der Waals surface area contributed by atoms with E-state index in [0.717, 1.165) is 10.9 Å². The molecule has 2 N–H and O–H groups in total. The van der Waals surface area contributed by atoms with Gasteiger partial charge in [-0.3, -0.25) is 9.78 Å². The number of hydrogen-bond donors (Lipinski definition) is 2. The van der Waals surface area contributed by atoms with Gasteiger partial charge in [0.05, 0.1) is 17.6 Å². The summed E-state index contributed by atoms with van der Waals surface area (Å²) in [5, 5.41) is 0.884. The van der Waals surface area contributed by atoms with Gasteiger partial charge >= 0.3 is 5.69 Å². The Kier molecular flexibility index (Phi) is 4.01. The molecule has 0 fully saturated rings. The van der Waals surface area contributed by atoms with E-state index in [4.69, 9.17) is 4.74 Å². The summed E-state index contributed by atoms with van der Waals surface area (Å²) in [6.07, 6.45) is 1.13. The molecule has 2 aromatic heterocycles. The first-order chi connectivity index (χ1) is 11.0. The minimum absolute atomic E-state index is 0.0927. The van der Waals surface area contributed by atoms with E-state index in [2.05, 4.69) is 15.0 Å². The van der Waals surface area contributed by atoms with Crippen LogP contribution in [0.2, 0.25) is 0 Å². The number of carbonyl (C=O) groups is 1. The predicted octanol–water partition coefficient (Wildman–Crippen LogP) is 1.65. The molecule has 0 aliphatic heterocycles. The van der Waals surface area contributed by atoms with E-state index < -0.39 is 0 Å². The number of amides is 1. The SMILES string of the molecule is CN(C)C(=O)CCCOc1ccc2nc3[nH]c(=O)[nH]c3cc2c1. The van der Waals surface area contributed by atoms with Crippen LogP contribution in [0.1, 0.15) is 12.8 Å². The van der Waals surface area contributed by atoms with Crippen molar-refractivity contribution in [1.82, 2.24) is 19.9 Å². The van der Waals surface area contributed by atoms with Crippen molar-refractivity contribution in [3.8, 4) is 5.75 Å². The third kappa shape index (κ3) is 3.33. The molecule has 0 aliphatic rings. The summed E-state index contributed by atoms with van der Waals surface area (Å²) in [5.41, 5.74) is 1.71. The number of nitrogens with one attached hydrogen (secondary N) is 2. The second-order valence-corrected chi connectivity index (χ2v) is 5.56. The van der Waals surface area contributed by atoms with E-state index >= 15 is 0 Å². The average molecular weight is 314 g/mol. The number of H-pyrrole nitrogens is 2. The maximum Gasteiger partial charge on any atom is 0.325 e. The Balaban J connectivity index is 1.71. The van der Waals surface area contributed by atoms with Gasteiger partial charge in [0, 0.05) is 25.9 Å². The molecule has 2 heterocycles. The van der Waals surface area contributed by atoms with Crippen LogP contribution >= 0.6 is 0 Å². The van der Waals surface area contributed by atoms with Gasteiger partial charge in [0.15, 0.2) is 5.65 Å². The van der Waals surface area contributed by atoms with Crippen LogP contribution in [0.25, 0.3) is 22.1 Å². The molecule has 3 rings (SSSR count). The highest BCUT2D eigenvalue weighted by Crippen LogP contribution is 2.22. The summed E-state index contributed by atoms with van der Waals surface area (Å²) in [5.74, 6) is 0.809. The zero-order valence-corrected chi connectivity index (χ0v) is 13.0. The molecule has 0 atom stereocenters. The van der Waals surface area contributed by atoms with Gasteiger partial charge in [-0.1, -0.05) is 0 Å². The van der Waals surface area contributed by atoms with Gasteiger partial charge in [-0.2, -0.15) is 0 Å². The van der Waals surface area contributed by atoms with Crippen LogP contribution in [0.5, 0.6) is 5.75 Å². The van der Waals surface area contributed by atoms with Crippen molar-refractivity contribution in [2.45, 2.75) is 12.8 Å². The number of benzene rings is 1. The van der Waals surface area contributed by atoms with Crippen LogP contribution in [0, 0.1) is 0 Å². The first-order valence-corrected chi connectivity index (χ1v) is 7.39. The van der Waals surface area contributed by atoms with E-state index in [0.29, 0.717) is 36.4 Å². The second kappa shape index (κ2) is 6.12. The van der Waals surface area contributed by atoms with Crippen molar-refractivity contribution >= 4 is 28.0 Å². The molecule has 0 unspecified atom stereocenters. The van der Waals surface area contributed by atoms with Gasteiger partial charge in [0.1, 0.15) is 5.75 Å². The monoisotopic (exact) mass is 314 g/mol. The van der Waals surface area contributed by atoms with Crippen LogP contribution in [-0.4, -0.2) is 46.5 Å². The van der Waals surface area contributed by atoms with Crippen molar-refractivity contribution in [1.29, 1.82) is 0 Å². The Hall–Kier alpha value is -2.83. The first kappa shape index (κ1) is 15.1. The second-order valence-electron chi connectivity index (χ2n) is 5.56. The van der Waals surface area contributed by atoms with Crippen LogP contribution in [0.3, 0.4) is 0 Å². The number of pyridine rings is 1. The van der Waals surface area contributed by atoms with E-state index in [1.54, 1.807) is 19.0 Å². The summed E-state index contributed by atoms with van der Waals surface area (Å²) in [6, 6.07) is 7.42. The molecule has 0 bridgehead atoms. The van der Waals surface area contributed by atoms with Crippen LogP contribution in [0.15, 0.2) is 29.1 Å². The number of fused-ring (bicyclic) bond motifs is 2. The maximum atomic E-state index is 11.5. The zero-order chi connectivity index (χ0) is 16.4. The van der Waals surface area contributed by atoms with Crippen molar-refractivity contribution in [3.63, 3.8) is 0 Å². The summed E-state index contributed by atoms with van der Waals surface area (Å²) in [4.78, 5) is 34.1. The van der Waals surface area contributed by atoms with Gasteiger partial charge in [-0.05, 0) is 30.7 Å². The Labute approximate surface area is 132 Å². The number of hydrogen-bond acceptors (Lipinski definition) is 4. The van der Waals surface area contributed by atoms with Gasteiger partial charge in [-0.25, -0.2) is 9.78 Å². The standard InChI is InChI=1S/C16H18N4O3/c1-20(2)14(21)4-3-7-23-11-5-6-12-10(8-11)9-13-15(17-12)19-16(22)18-13/h5-6,8-9H,3-4,7H2,1-2H3,(H2,17,18,19,22). The molecule has 7 nitrogen and oxygen atoms in total. The lowest BCUT2D eigenvalue weighted by molar-refractivity contribution is -0.128. The highest BCUT2D eigenvalue weighted by Gasteiger charge is 2.06. The lowest BCUT2D eigenvalue weighted by atomic mass is 10.2. The zero-order valence-electron chi connectivity index (χ0n) is 13.0. The minimum Gasteiger partial charge on any atom is -0.494 e. The molecule has 0 aliphatic carbocycles. The Morgan fingerprint density at radius 3 is 2.87 bits per heavy atom. The molecule has 0 saturated carbocycles. The number of rotatable bonds is 5. The number of ether oxygens (including phenoxy) is 1. The quantitative estimate of drug-likeness (QED) is 0.701. The number of aromatic amines is 2. The number of nitrogens with zero attached hydrogens (tertiary/aromatic N) is 2. The average Bonchev–Trinajstić information content (AvgIpc) is 2.87. The molecular formula is C16H18N4O3. The Bertz CT molecular complexity index is 910. The van der Waals surface area contributed by atoms with Gasteiger partial charge in [0.2, 0.25) is 5.91 Å². The van der Waals surface area contributed by atoms with Crippen molar-refractivity contribution < 1.29 is 9.53 Å². The summed E-state index contributed by atoms with van der Waals surface area (Å²) in [7, 11) is 3.48. The molecule has 120 valence electrons. The normalized spacial score (nSPS) is 11.0. The topological polar surface area (TPSA) is 91.1 Å². The van der Waals surface area contributed by atoms with Crippen molar-refractivity contribution in [2.75, 3.05) is 20.7 Å². The highest BCUT2D eigenvalue weighted by atomic mass is 16.5. The molecule has 3 aromatic rings. The fraction of sp³-hybridized carbons (Fsp3) is 0.312. The van der Waals surface area contributed by atoms with Gasteiger partial charge < -0.3 is 14.6 Å². The summed E-state index contributed by atoms with van der Waals surface area (Å²) in [6.45, 7) is 0.474. The summed E-state index contributed by atoms with van der Waals surface area (Å²) < 4.78 is 5.68. The van der Waals surface area contributed by atoms with Crippen molar-refractivity contribution in [2.24, 2.45) is 0 Å². The molecular weight excluding hydrogens is 296 g/mol. The van der Waals surface area contributed by atoms with Crippen LogP contribution in [0.4, 0.5) is 0 Å². The van der Waals surface area contributed by atoms with E-state index in [1.165, 1.54) is 0 Å². The highest BCUT2D eigenvalue weighted by molar-refractivity contribution is 5.89. The third-order valence-corrected chi connectivity index (χ3v) is 3.57. The minimum atomic E-state index is -0.273. The lowest BCUT2D eigenvalue weighted by Crippen LogP contribution is -2.21. The van der Waals surface area contributed by atoms with Crippen LogP contribution < -0.4 is 10.4 Å². The molecule has 23 heavy (non-hydrogen) atoms. The maximum absolute atomic E-state index is 11.5. The fourth-order valence-corrected chi connectivity index (χ4v) is 2.33. The lowest BCUT2D eigenvalue weighted by Gasteiger charge is -2.10. The van der Waals surface area contributed by atoms with E-state index in [-0.39, 0.29) is 11.6 Å². The number of imidazole rings is 1. The molecule has 0 radical (unpaired) electrons. The Morgan fingerprint density at radius 2 is 2.09 bits per heavy atom. The van der Waals surface area contributed by atoms with Gasteiger partial charge in [-0.15, -0.1) is 0 Å². The van der Waals surface area contributed by atoms with E-state index in [1.807, 2.05) is 24.3 Å². The van der Waals surface area contributed by atoms with Crippen LogP contribution in [-0.2, 0) is 4.79 Å². The summed E-state index contributed by atoms with van der Waals surface area (Å²) >= 11 is 0. The Morgan fingerprint density at radius 1 is 1.26 bits per heavy atom. The smallest absolute Gasteiger partial charge is 0.325 e. The first-order valence-electron chi connectivity index (χ1n) is 7.39. The third-order valence-electron chi connectivity index (χ3n) is 3.57. The molecule has 1 aromatic carbocycles. The van der Waals surface area contributed by atoms with Gasteiger partial charge in [0.25, 0.3) is 0 Å². The number of carbonyl (C=O) groups excluding carboxylic acids is 1. The van der Waals surface area contributed by atoms with Crippen molar-refractivity contribution in [3.05, 3.63) is 34.7 Å². The fourth-order valence-electron chi connectivity index (χ4n) is 2.33. The molecule has 1 amide bonds. The molecule has 0 saturated heterocycles. The molecule has 7 heteroatoms. The molecule has 0 spiro atoms.